The Bertz CT molecular complexity index is 959. The number of nitrogens with zero attached hydrogens (tertiary/aromatic N) is 1. The first kappa shape index (κ1) is 16.6. The number of carbonyl (C=O) groups is 1. The number of benzene rings is 2. The maximum Gasteiger partial charge on any atom is 0.454 e. The van der Waals surface area contributed by atoms with Crippen LogP contribution in [0.5, 0.6) is 0 Å². The van der Waals surface area contributed by atoms with Crippen LogP contribution in [-0.4, -0.2) is 16.5 Å². The van der Waals surface area contributed by atoms with Crippen molar-refractivity contribution in [2.24, 2.45) is 7.05 Å². The highest BCUT2D eigenvalue weighted by Crippen LogP contribution is 2.34. The molecule has 1 heterocycles. The van der Waals surface area contributed by atoms with Crippen LogP contribution in [-0.2, 0) is 12.5 Å². The number of fused-ring (bicyclic) bond motifs is 3. The Morgan fingerprint density at radius 1 is 0.917 bits per heavy atom. The zero-order valence-electron chi connectivity index (χ0n) is 14.0. The van der Waals surface area contributed by atoms with Gasteiger partial charge in [0.1, 0.15) is 0 Å². The van der Waals surface area contributed by atoms with Gasteiger partial charge in [0.25, 0.3) is 5.78 Å². The van der Waals surface area contributed by atoms with Gasteiger partial charge in [-0.15, -0.1) is 0 Å². The van der Waals surface area contributed by atoms with Crippen LogP contribution >= 0.6 is 0 Å². The lowest BCUT2D eigenvalue weighted by molar-refractivity contribution is -0.0885. The minimum atomic E-state index is -4.87. The number of aryl methyl sites for hydroxylation is 1. The molecule has 0 aliphatic rings. The molecule has 0 unspecified atom stereocenters. The molecule has 126 valence electrons. The van der Waals surface area contributed by atoms with Crippen molar-refractivity contribution < 1.29 is 18.0 Å². The first-order valence-electron chi connectivity index (χ1n) is 7.64. The van der Waals surface area contributed by atoms with Gasteiger partial charge in [-0.1, -0.05) is 26.8 Å². The third-order valence-corrected chi connectivity index (χ3v) is 4.39. The van der Waals surface area contributed by atoms with E-state index in [0.717, 1.165) is 22.0 Å². The number of alkyl halides is 3. The molecule has 0 aliphatic heterocycles. The highest BCUT2D eigenvalue weighted by molar-refractivity contribution is 6.11. The van der Waals surface area contributed by atoms with Gasteiger partial charge in [0.15, 0.2) is 0 Å². The number of carbonyl (C=O) groups excluding carboxylic acids is 1. The van der Waals surface area contributed by atoms with E-state index < -0.39 is 12.0 Å². The fraction of sp³-hybridized carbons (Fsp3) is 0.316. The highest BCUT2D eigenvalue weighted by Gasteiger charge is 2.39. The van der Waals surface area contributed by atoms with Gasteiger partial charge < -0.3 is 4.57 Å². The molecule has 2 aromatic carbocycles. The van der Waals surface area contributed by atoms with E-state index in [2.05, 4.69) is 20.8 Å². The summed E-state index contributed by atoms with van der Waals surface area (Å²) in [7, 11) is 1.87. The fourth-order valence-electron chi connectivity index (χ4n) is 2.99. The van der Waals surface area contributed by atoms with Crippen LogP contribution in [0.15, 0.2) is 36.4 Å². The average Bonchev–Trinajstić information content (AvgIpc) is 2.77. The number of halogens is 3. The van der Waals surface area contributed by atoms with Crippen molar-refractivity contribution in [3.63, 3.8) is 0 Å². The molecule has 0 spiro atoms. The minimum Gasteiger partial charge on any atom is -0.344 e. The molecule has 3 rings (SSSR count). The molecule has 0 atom stereocenters. The first-order chi connectivity index (χ1) is 11.0. The molecule has 24 heavy (non-hydrogen) atoms. The smallest absolute Gasteiger partial charge is 0.344 e. The van der Waals surface area contributed by atoms with Crippen molar-refractivity contribution >= 4 is 27.6 Å². The molecule has 0 bridgehead atoms. The van der Waals surface area contributed by atoms with E-state index in [1.165, 1.54) is 12.1 Å². The predicted molar refractivity (Wildman–Crippen MR) is 89.5 cm³/mol. The Balaban J connectivity index is 2.31. The normalized spacial score (nSPS) is 13.0. The molecule has 0 saturated heterocycles. The second kappa shape index (κ2) is 5.10. The van der Waals surface area contributed by atoms with Crippen LogP contribution in [0.25, 0.3) is 21.8 Å². The Morgan fingerprint density at radius 2 is 1.46 bits per heavy atom. The Kier molecular flexibility index (Phi) is 3.52. The lowest BCUT2D eigenvalue weighted by Gasteiger charge is -2.19. The zero-order chi connectivity index (χ0) is 17.9. The molecule has 0 radical (unpaired) electrons. The molecule has 2 nitrogen and oxygen atoms in total. The second-order valence-electron chi connectivity index (χ2n) is 7.10. The maximum atomic E-state index is 12.7. The van der Waals surface area contributed by atoms with Crippen LogP contribution in [0.2, 0.25) is 0 Å². The van der Waals surface area contributed by atoms with E-state index in [0.29, 0.717) is 5.39 Å². The lowest BCUT2D eigenvalue weighted by Crippen LogP contribution is -2.22. The molecule has 0 saturated carbocycles. The topological polar surface area (TPSA) is 22.0 Å². The van der Waals surface area contributed by atoms with Gasteiger partial charge in [0, 0.05) is 34.4 Å². The lowest BCUT2D eigenvalue weighted by atomic mass is 9.86. The quantitative estimate of drug-likeness (QED) is 0.548. The van der Waals surface area contributed by atoms with Crippen LogP contribution in [0.1, 0.15) is 36.7 Å². The molecule has 5 heteroatoms. The van der Waals surface area contributed by atoms with Gasteiger partial charge >= 0.3 is 6.18 Å². The largest absolute Gasteiger partial charge is 0.454 e. The second-order valence-corrected chi connectivity index (χ2v) is 7.10. The number of aromatic nitrogens is 1. The van der Waals surface area contributed by atoms with Crippen molar-refractivity contribution in [2.45, 2.75) is 32.4 Å². The molecule has 0 amide bonds. The SMILES string of the molecule is Cn1c2ccc(C(=O)C(F)(F)F)cc2c2cc(C(C)(C)C)ccc21. The van der Waals surface area contributed by atoms with Crippen LogP contribution in [0.4, 0.5) is 13.2 Å². The van der Waals surface area contributed by atoms with Crippen LogP contribution in [0.3, 0.4) is 0 Å². The third kappa shape index (κ3) is 2.58. The molecular weight excluding hydrogens is 315 g/mol. The third-order valence-electron chi connectivity index (χ3n) is 4.39. The van der Waals surface area contributed by atoms with Gasteiger partial charge in [0.05, 0.1) is 0 Å². The van der Waals surface area contributed by atoms with E-state index >= 15 is 0 Å². The zero-order valence-corrected chi connectivity index (χ0v) is 14.0. The molecule has 3 aromatic rings. The molecule has 0 aliphatic carbocycles. The van der Waals surface area contributed by atoms with Crippen LogP contribution in [0, 0.1) is 0 Å². The Labute approximate surface area is 137 Å². The number of hydrogen-bond acceptors (Lipinski definition) is 1. The van der Waals surface area contributed by atoms with E-state index in [4.69, 9.17) is 0 Å². The van der Waals surface area contributed by atoms with E-state index in [-0.39, 0.29) is 11.0 Å². The predicted octanol–water partition coefficient (Wildman–Crippen LogP) is 5.37. The summed E-state index contributed by atoms with van der Waals surface area (Å²) in [6.07, 6.45) is -4.87. The van der Waals surface area contributed by atoms with E-state index in [1.807, 2.05) is 29.8 Å². The van der Waals surface area contributed by atoms with E-state index in [9.17, 15) is 18.0 Å². The maximum absolute atomic E-state index is 12.7. The summed E-state index contributed by atoms with van der Waals surface area (Å²) in [6.45, 7) is 6.24. The van der Waals surface area contributed by atoms with Crippen molar-refractivity contribution in [2.75, 3.05) is 0 Å². The summed E-state index contributed by atoms with van der Waals surface area (Å²) in [4.78, 5) is 11.5. The summed E-state index contributed by atoms with van der Waals surface area (Å²) in [6, 6.07) is 10.2. The van der Waals surface area contributed by atoms with Gasteiger partial charge in [-0.25, -0.2) is 0 Å². The summed E-state index contributed by atoms with van der Waals surface area (Å²) in [5.74, 6) is -1.81. The fourth-order valence-corrected chi connectivity index (χ4v) is 2.99. The molecular formula is C19H18F3NO. The Morgan fingerprint density at radius 3 is 2.00 bits per heavy atom. The van der Waals surface area contributed by atoms with Crippen molar-refractivity contribution in [3.05, 3.63) is 47.5 Å². The molecule has 0 N–H and O–H groups in total. The van der Waals surface area contributed by atoms with E-state index in [1.54, 1.807) is 6.07 Å². The number of Topliss-reactive ketones (excluding diaryl/α,β-unsaturated/α-hetero) is 1. The van der Waals surface area contributed by atoms with Gasteiger partial charge in [-0.3, -0.25) is 4.79 Å². The van der Waals surface area contributed by atoms with Crippen molar-refractivity contribution in [1.82, 2.24) is 4.57 Å². The first-order valence-corrected chi connectivity index (χ1v) is 7.64. The highest BCUT2D eigenvalue weighted by atomic mass is 19.4. The van der Waals surface area contributed by atoms with Crippen molar-refractivity contribution in [1.29, 1.82) is 0 Å². The van der Waals surface area contributed by atoms with Gasteiger partial charge in [-0.2, -0.15) is 13.2 Å². The summed E-state index contributed by atoms with van der Waals surface area (Å²) in [5.41, 5.74) is 2.42. The Hall–Kier alpha value is -2.30. The summed E-state index contributed by atoms with van der Waals surface area (Å²) in [5, 5.41) is 1.52. The minimum absolute atomic E-state index is 0.0737. The monoisotopic (exact) mass is 333 g/mol. The van der Waals surface area contributed by atoms with Gasteiger partial charge in [0.2, 0.25) is 0 Å². The number of rotatable bonds is 1. The summed E-state index contributed by atoms with van der Waals surface area (Å²) >= 11 is 0. The van der Waals surface area contributed by atoms with Crippen LogP contribution < -0.4 is 0 Å². The standard InChI is InChI=1S/C19H18F3NO/c1-18(2,3)12-6-8-16-14(10-12)13-9-11(17(24)19(20,21)22)5-7-15(13)23(16)4/h5-10H,1-4H3. The van der Waals surface area contributed by atoms with Crippen molar-refractivity contribution in [3.8, 4) is 0 Å². The number of hydrogen-bond donors (Lipinski definition) is 0. The molecule has 1 aromatic heterocycles. The number of ketones is 1. The average molecular weight is 333 g/mol. The van der Waals surface area contributed by atoms with Gasteiger partial charge in [-0.05, 0) is 41.3 Å². The molecule has 0 fully saturated rings. The summed E-state index contributed by atoms with van der Waals surface area (Å²) < 4.78 is 40.1.